The lowest BCUT2D eigenvalue weighted by molar-refractivity contribution is -0.181. The summed E-state index contributed by atoms with van der Waals surface area (Å²) in [6.45, 7) is 2.62. The van der Waals surface area contributed by atoms with Gasteiger partial charge in [0.25, 0.3) is 0 Å². The van der Waals surface area contributed by atoms with Gasteiger partial charge in [-0.1, -0.05) is 22.0 Å². The Balaban J connectivity index is 1.56. The van der Waals surface area contributed by atoms with Gasteiger partial charge in [0.15, 0.2) is 5.79 Å². The Bertz CT molecular complexity index is 493. The van der Waals surface area contributed by atoms with Crippen molar-refractivity contribution < 1.29 is 14.3 Å². The molecule has 1 aromatic rings. The zero-order valence-electron chi connectivity index (χ0n) is 11.1. The molecule has 2 aliphatic rings. The summed E-state index contributed by atoms with van der Waals surface area (Å²) in [5.41, 5.74) is 0.790. The van der Waals surface area contributed by atoms with Crippen molar-refractivity contribution in [1.82, 2.24) is 4.90 Å². The second kappa shape index (κ2) is 5.71. The standard InChI is InChI=1S/C14H17BrN2O3/c15-11-2-1-3-12(10-11)16-13(18)17-6-4-14(5-7-17)19-8-9-20-14/h1-3,10H,4-9H2,(H,16,18). The minimum absolute atomic E-state index is 0.0732. The number of nitrogens with zero attached hydrogens (tertiary/aromatic N) is 1. The Morgan fingerprint density at radius 1 is 1.25 bits per heavy atom. The van der Waals surface area contributed by atoms with Gasteiger partial charge < -0.3 is 19.7 Å². The average molecular weight is 341 g/mol. The summed E-state index contributed by atoms with van der Waals surface area (Å²) in [6, 6.07) is 7.50. The molecule has 0 unspecified atom stereocenters. The van der Waals surface area contributed by atoms with E-state index >= 15 is 0 Å². The van der Waals surface area contributed by atoms with Crippen molar-refractivity contribution >= 4 is 27.6 Å². The van der Waals surface area contributed by atoms with E-state index in [0.29, 0.717) is 26.3 Å². The summed E-state index contributed by atoms with van der Waals surface area (Å²) in [6.07, 6.45) is 1.47. The van der Waals surface area contributed by atoms with E-state index in [1.165, 1.54) is 0 Å². The number of hydrogen-bond donors (Lipinski definition) is 1. The van der Waals surface area contributed by atoms with Gasteiger partial charge in [0.1, 0.15) is 0 Å². The van der Waals surface area contributed by atoms with Gasteiger partial charge in [-0.2, -0.15) is 0 Å². The molecule has 0 saturated carbocycles. The second-order valence-electron chi connectivity index (χ2n) is 5.04. The third kappa shape index (κ3) is 2.97. The van der Waals surface area contributed by atoms with Crippen LogP contribution < -0.4 is 5.32 Å². The van der Waals surface area contributed by atoms with Gasteiger partial charge in [-0.3, -0.25) is 0 Å². The molecule has 1 spiro atoms. The monoisotopic (exact) mass is 340 g/mol. The highest BCUT2D eigenvalue weighted by Crippen LogP contribution is 2.31. The Kier molecular flexibility index (Phi) is 3.96. The number of rotatable bonds is 1. The molecule has 2 saturated heterocycles. The van der Waals surface area contributed by atoms with Crippen molar-refractivity contribution in [2.24, 2.45) is 0 Å². The van der Waals surface area contributed by atoms with Crippen LogP contribution in [0.3, 0.4) is 0 Å². The lowest BCUT2D eigenvalue weighted by Crippen LogP contribution is -2.48. The topological polar surface area (TPSA) is 50.8 Å². The summed E-state index contributed by atoms with van der Waals surface area (Å²) in [5.74, 6) is -0.438. The van der Waals surface area contributed by atoms with E-state index in [9.17, 15) is 4.79 Å². The fourth-order valence-electron chi connectivity index (χ4n) is 2.60. The van der Waals surface area contributed by atoms with E-state index in [4.69, 9.17) is 9.47 Å². The predicted molar refractivity (Wildman–Crippen MR) is 78.6 cm³/mol. The fourth-order valence-corrected chi connectivity index (χ4v) is 3.00. The quantitative estimate of drug-likeness (QED) is 0.855. The molecule has 0 radical (unpaired) electrons. The van der Waals surface area contributed by atoms with Crippen molar-refractivity contribution in [1.29, 1.82) is 0 Å². The zero-order chi connectivity index (χ0) is 14.0. The van der Waals surface area contributed by atoms with Gasteiger partial charge in [-0.15, -0.1) is 0 Å². The Hall–Kier alpha value is -1.11. The molecule has 20 heavy (non-hydrogen) atoms. The van der Waals surface area contributed by atoms with Crippen molar-refractivity contribution in [2.45, 2.75) is 18.6 Å². The first kappa shape index (κ1) is 13.9. The van der Waals surface area contributed by atoms with Gasteiger partial charge in [0.2, 0.25) is 0 Å². The van der Waals surface area contributed by atoms with Crippen LogP contribution in [0.1, 0.15) is 12.8 Å². The highest BCUT2D eigenvalue weighted by Gasteiger charge is 2.40. The molecule has 1 aromatic carbocycles. The number of carbonyl (C=O) groups is 1. The first-order chi connectivity index (χ1) is 9.67. The lowest BCUT2D eigenvalue weighted by Gasteiger charge is -2.37. The van der Waals surface area contributed by atoms with Crippen LogP contribution in [0.2, 0.25) is 0 Å². The summed E-state index contributed by atoms with van der Waals surface area (Å²) < 4.78 is 12.3. The summed E-state index contributed by atoms with van der Waals surface area (Å²) >= 11 is 3.39. The number of carbonyl (C=O) groups excluding carboxylic acids is 1. The van der Waals surface area contributed by atoms with Crippen LogP contribution in [0.25, 0.3) is 0 Å². The largest absolute Gasteiger partial charge is 0.347 e. The highest BCUT2D eigenvalue weighted by atomic mass is 79.9. The third-order valence-electron chi connectivity index (χ3n) is 3.70. The number of nitrogens with one attached hydrogen (secondary N) is 1. The van der Waals surface area contributed by atoms with Gasteiger partial charge in [-0.25, -0.2) is 4.79 Å². The van der Waals surface area contributed by atoms with Crippen LogP contribution in [0, 0.1) is 0 Å². The zero-order valence-corrected chi connectivity index (χ0v) is 12.7. The van der Waals surface area contributed by atoms with Crippen LogP contribution in [-0.4, -0.2) is 43.0 Å². The predicted octanol–water partition coefficient (Wildman–Crippen LogP) is 2.82. The Morgan fingerprint density at radius 3 is 2.60 bits per heavy atom. The summed E-state index contributed by atoms with van der Waals surface area (Å²) in [7, 11) is 0. The molecule has 3 rings (SSSR count). The maximum absolute atomic E-state index is 12.2. The van der Waals surface area contributed by atoms with E-state index in [0.717, 1.165) is 23.0 Å². The summed E-state index contributed by atoms with van der Waals surface area (Å²) in [5, 5.41) is 2.91. The number of ether oxygens (including phenoxy) is 2. The van der Waals surface area contributed by atoms with E-state index < -0.39 is 5.79 Å². The number of likely N-dealkylation sites (tertiary alicyclic amines) is 1. The molecule has 0 aromatic heterocycles. The van der Waals surface area contributed by atoms with Gasteiger partial charge in [0, 0.05) is 36.1 Å². The van der Waals surface area contributed by atoms with Crippen molar-refractivity contribution in [3.8, 4) is 0 Å². The van der Waals surface area contributed by atoms with Crippen molar-refractivity contribution in [2.75, 3.05) is 31.6 Å². The average Bonchev–Trinajstić information content (AvgIpc) is 2.88. The molecule has 2 aliphatic heterocycles. The van der Waals surface area contributed by atoms with E-state index in [-0.39, 0.29) is 6.03 Å². The summed E-state index contributed by atoms with van der Waals surface area (Å²) in [4.78, 5) is 14.0. The van der Waals surface area contributed by atoms with Crippen LogP contribution in [-0.2, 0) is 9.47 Å². The number of anilines is 1. The minimum atomic E-state index is -0.438. The van der Waals surface area contributed by atoms with Crippen LogP contribution in [0.5, 0.6) is 0 Å². The second-order valence-corrected chi connectivity index (χ2v) is 5.95. The Labute approximate surface area is 126 Å². The molecule has 2 heterocycles. The molecular weight excluding hydrogens is 324 g/mol. The molecule has 1 N–H and O–H groups in total. The smallest absolute Gasteiger partial charge is 0.321 e. The molecule has 108 valence electrons. The van der Waals surface area contributed by atoms with Crippen molar-refractivity contribution in [3.63, 3.8) is 0 Å². The maximum Gasteiger partial charge on any atom is 0.321 e. The lowest BCUT2D eigenvalue weighted by atomic mass is 10.0. The number of hydrogen-bond acceptors (Lipinski definition) is 3. The number of halogens is 1. The number of piperidine rings is 1. The van der Waals surface area contributed by atoms with Crippen LogP contribution >= 0.6 is 15.9 Å². The highest BCUT2D eigenvalue weighted by molar-refractivity contribution is 9.10. The fraction of sp³-hybridized carbons (Fsp3) is 0.500. The van der Waals surface area contributed by atoms with E-state index in [2.05, 4.69) is 21.2 Å². The molecule has 0 aliphatic carbocycles. The normalized spacial score (nSPS) is 21.1. The molecule has 2 fully saturated rings. The van der Waals surface area contributed by atoms with Crippen molar-refractivity contribution in [3.05, 3.63) is 28.7 Å². The Morgan fingerprint density at radius 2 is 1.95 bits per heavy atom. The van der Waals surface area contributed by atoms with Gasteiger partial charge in [0.05, 0.1) is 13.2 Å². The van der Waals surface area contributed by atoms with Gasteiger partial charge in [-0.05, 0) is 18.2 Å². The van der Waals surface area contributed by atoms with E-state index in [1.54, 1.807) is 4.90 Å². The molecule has 6 heteroatoms. The minimum Gasteiger partial charge on any atom is -0.347 e. The molecular formula is C14H17BrN2O3. The molecule has 2 amide bonds. The number of amides is 2. The number of urea groups is 1. The number of benzene rings is 1. The molecule has 0 bridgehead atoms. The molecule has 5 nitrogen and oxygen atoms in total. The third-order valence-corrected chi connectivity index (χ3v) is 4.20. The first-order valence-electron chi connectivity index (χ1n) is 6.76. The van der Waals surface area contributed by atoms with Crippen LogP contribution in [0.4, 0.5) is 10.5 Å². The SMILES string of the molecule is O=C(Nc1cccc(Br)c1)N1CCC2(CC1)OCCO2. The molecule has 0 atom stereocenters. The maximum atomic E-state index is 12.2. The van der Waals surface area contributed by atoms with Gasteiger partial charge >= 0.3 is 6.03 Å². The van der Waals surface area contributed by atoms with Crippen LogP contribution in [0.15, 0.2) is 28.7 Å². The van der Waals surface area contributed by atoms with E-state index in [1.807, 2.05) is 24.3 Å². The first-order valence-corrected chi connectivity index (χ1v) is 7.56.